The number of carbonyl (C=O) groups is 1. The zero-order valence-electron chi connectivity index (χ0n) is 15.1. The number of ether oxygens (including phenoxy) is 3. The van der Waals surface area contributed by atoms with Gasteiger partial charge in [0, 0.05) is 27.2 Å². The molecule has 0 fully saturated rings. The van der Waals surface area contributed by atoms with E-state index < -0.39 is 0 Å². The third-order valence-corrected chi connectivity index (χ3v) is 5.16. The van der Waals surface area contributed by atoms with E-state index in [4.69, 9.17) is 14.2 Å². The predicted octanol–water partition coefficient (Wildman–Crippen LogP) is 3.63. The van der Waals surface area contributed by atoms with Crippen molar-refractivity contribution < 1.29 is 19.0 Å². The average Bonchev–Trinajstić information content (AvgIpc) is 2.46. The van der Waals surface area contributed by atoms with Crippen molar-refractivity contribution in [2.45, 2.75) is 46.6 Å². The minimum absolute atomic E-state index is 0.163. The molecule has 22 heavy (non-hydrogen) atoms. The Morgan fingerprint density at radius 1 is 1.09 bits per heavy atom. The summed E-state index contributed by atoms with van der Waals surface area (Å²) in [5.41, 5.74) is 0. The van der Waals surface area contributed by atoms with Crippen LogP contribution >= 0.6 is 11.8 Å². The van der Waals surface area contributed by atoms with Crippen LogP contribution in [0.1, 0.15) is 40.5 Å². The van der Waals surface area contributed by atoms with Crippen LogP contribution in [0.4, 0.5) is 0 Å². The zero-order chi connectivity index (χ0) is 17.0. The second-order valence-corrected chi connectivity index (χ2v) is 7.38. The van der Waals surface area contributed by atoms with Crippen LogP contribution in [0.25, 0.3) is 0 Å². The monoisotopic (exact) mass is 334 g/mol. The molecule has 0 aromatic rings. The van der Waals surface area contributed by atoms with Gasteiger partial charge in [0.2, 0.25) is 0 Å². The van der Waals surface area contributed by atoms with Gasteiger partial charge < -0.3 is 14.2 Å². The molecule has 0 bridgehead atoms. The van der Waals surface area contributed by atoms with Crippen molar-refractivity contribution in [1.29, 1.82) is 0 Å². The van der Waals surface area contributed by atoms with E-state index in [0.717, 1.165) is 17.9 Å². The summed E-state index contributed by atoms with van der Waals surface area (Å²) >= 11 is 1.89. The van der Waals surface area contributed by atoms with Gasteiger partial charge in [0.25, 0.3) is 0 Å². The molecule has 0 aliphatic heterocycles. The molecule has 4 nitrogen and oxygen atoms in total. The van der Waals surface area contributed by atoms with Crippen molar-refractivity contribution in [3.8, 4) is 0 Å². The Morgan fingerprint density at radius 3 is 2.27 bits per heavy atom. The molecule has 0 aromatic heterocycles. The molecule has 132 valence electrons. The Balaban J connectivity index is 4.54. The smallest absolute Gasteiger partial charge is 0.162 e. The van der Waals surface area contributed by atoms with E-state index in [1.165, 1.54) is 0 Å². The highest BCUT2D eigenvalue weighted by Gasteiger charge is 2.27. The highest BCUT2D eigenvalue weighted by molar-refractivity contribution is 7.99. The topological polar surface area (TPSA) is 44.8 Å². The fourth-order valence-electron chi connectivity index (χ4n) is 2.25. The van der Waals surface area contributed by atoms with Gasteiger partial charge in [-0.3, -0.25) is 4.79 Å². The Bertz CT molecular complexity index is 284. The molecule has 0 rings (SSSR count). The summed E-state index contributed by atoms with van der Waals surface area (Å²) in [6, 6.07) is 0. The van der Waals surface area contributed by atoms with Gasteiger partial charge >= 0.3 is 0 Å². The molecule has 0 amide bonds. The summed E-state index contributed by atoms with van der Waals surface area (Å²) in [6.07, 6.45) is 1.07. The molecular weight excluding hydrogens is 300 g/mol. The summed E-state index contributed by atoms with van der Waals surface area (Å²) < 4.78 is 15.8. The minimum atomic E-state index is -0.384. The fraction of sp³-hybridized carbons (Fsp3) is 0.941. The van der Waals surface area contributed by atoms with Crippen LogP contribution in [-0.2, 0) is 19.0 Å². The highest BCUT2D eigenvalue weighted by atomic mass is 32.2. The number of thioether (sulfide) groups is 1. The maximum Gasteiger partial charge on any atom is 0.162 e. The molecule has 1 unspecified atom stereocenters. The molecule has 0 N–H and O–H groups in total. The number of rotatable bonds is 14. The van der Waals surface area contributed by atoms with Crippen molar-refractivity contribution in [3.63, 3.8) is 0 Å². The number of hydrogen-bond acceptors (Lipinski definition) is 5. The van der Waals surface area contributed by atoms with E-state index in [0.29, 0.717) is 18.9 Å². The lowest BCUT2D eigenvalue weighted by Crippen LogP contribution is -2.35. The number of methoxy groups -OCH3 is 2. The van der Waals surface area contributed by atoms with Gasteiger partial charge in [-0.15, -0.1) is 0 Å². The average molecular weight is 335 g/mol. The van der Waals surface area contributed by atoms with Crippen molar-refractivity contribution in [3.05, 3.63) is 0 Å². The molecule has 0 saturated carbocycles. The Morgan fingerprint density at radius 2 is 1.77 bits per heavy atom. The lowest BCUT2D eigenvalue weighted by atomic mass is 9.93. The van der Waals surface area contributed by atoms with Crippen LogP contribution in [0.15, 0.2) is 0 Å². The molecule has 0 radical (unpaired) electrons. The van der Waals surface area contributed by atoms with Crippen LogP contribution < -0.4 is 0 Å². The molecule has 0 heterocycles. The molecule has 0 aromatic carbocycles. The third-order valence-electron chi connectivity index (χ3n) is 3.50. The largest absolute Gasteiger partial charge is 0.384 e. The first-order valence-electron chi connectivity index (χ1n) is 8.16. The molecule has 0 spiro atoms. The number of hydrogen-bond donors (Lipinski definition) is 0. The lowest BCUT2D eigenvalue weighted by molar-refractivity contribution is -0.145. The number of carbonyl (C=O) groups excluding carboxylic acids is 1. The van der Waals surface area contributed by atoms with Crippen molar-refractivity contribution in [2.24, 2.45) is 17.8 Å². The molecule has 5 heteroatoms. The van der Waals surface area contributed by atoms with Gasteiger partial charge in [0.1, 0.15) is 12.9 Å². The molecule has 0 saturated heterocycles. The summed E-state index contributed by atoms with van der Waals surface area (Å²) in [5, 5.41) is 0. The summed E-state index contributed by atoms with van der Waals surface area (Å²) in [7, 11) is 3.26. The van der Waals surface area contributed by atoms with E-state index in [2.05, 4.69) is 27.7 Å². The standard InChI is InChI=1S/C17H34O4S/c1-7-15(9-19-5)8-16(18)17(21-12-20-6)14(4)11-22-10-13(2)3/h13-15,17H,7-12H2,1-6H3/t14-,15?,17-/m1/s1. The quantitative estimate of drug-likeness (QED) is 0.454. The lowest BCUT2D eigenvalue weighted by Gasteiger charge is -2.24. The van der Waals surface area contributed by atoms with Crippen LogP contribution in [0.2, 0.25) is 0 Å². The van der Waals surface area contributed by atoms with Gasteiger partial charge in [-0.1, -0.05) is 34.1 Å². The molecule has 3 atom stereocenters. The first kappa shape index (κ1) is 21.9. The second-order valence-electron chi connectivity index (χ2n) is 6.30. The summed E-state index contributed by atoms with van der Waals surface area (Å²) in [5.74, 6) is 3.32. The van der Waals surface area contributed by atoms with Crippen LogP contribution in [0.5, 0.6) is 0 Å². The van der Waals surface area contributed by atoms with E-state index in [1.807, 2.05) is 11.8 Å². The third kappa shape index (κ3) is 9.82. The predicted molar refractivity (Wildman–Crippen MR) is 93.4 cm³/mol. The van der Waals surface area contributed by atoms with Gasteiger partial charge in [-0.2, -0.15) is 11.8 Å². The minimum Gasteiger partial charge on any atom is -0.384 e. The maximum atomic E-state index is 12.6. The normalized spacial score (nSPS) is 15.8. The summed E-state index contributed by atoms with van der Waals surface area (Å²) in [4.78, 5) is 12.6. The van der Waals surface area contributed by atoms with Gasteiger partial charge in [-0.05, 0) is 29.3 Å². The Labute approximate surface area is 140 Å². The first-order valence-corrected chi connectivity index (χ1v) is 9.31. The van der Waals surface area contributed by atoms with Crippen molar-refractivity contribution >= 4 is 17.5 Å². The fourth-order valence-corrected chi connectivity index (χ4v) is 3.40. The SMILES string of the molecule is CCC(COC)CC(=O)[C@H](OCOC)[C@H](C)CSCC(C)C. The Kier molecular flexibility index (Phi) is 13.3. The molecule has 0 aliphatic rings. The van der Waals surface area contributed by atoms with Crippen LogP contribution in [-0.4, -0.2) is 51.0 Å². The van der Waals surface area contributed by atoms with E-state index in [-0.39, 0.29) is 30.5 Å². The Hall–Kier alpha value is -0.100. The van der Waals surface area contributed by atoms with E-state index in [9.17, 15) is 4.79 Å². The maximum absolute atomic E-state index is 12.6. The van der Waals surface area contributed by atoms with E-state index in [1.54, 1.807) is 14.2 Å². The van der Waals surface area contributed by atoms with Gasteiger partial charge in [0.05, 0.1) is 0 Å². The van der Waals surface area contributed by atoms with E-state index >= 15 is 0 Å². The van der Waals surface area contributed by atoms with Crippen LogP contribution in [0.3, 0.4) is 0 Å². The first-order chi connectivity index (χ1) is 10.5. The molecule has 0 aliphatic carbocycles. The van der Waals surface area contributed by atoms with Gasteiger partial charge in [-0.25, -0.2) is 0 Å². The number of Topliss-reactive ketones (excluding diaryl/α,β-unsaturated/α-hetero) is 1. The van der Waals surface area contributed by atoms with Gasteiger partial charge in [0.15, 0.2) is 5.78 Å². The van der Waals surface area contributed by atoms with Crippen LogP contribution in [0, 0.1) is 17.8 Å². The van der Waals surface area contributed by atoms with Crippen molar-refractivity contribution in [1.82, 2.24) is 0 Å². The molecular formula is C17H34O4S. The zero-order valence-corrected chi connectivity index (χ0v) is 15.9. The highest BCUT2D eigenvalue weighted by Crippen LogP contribution is 2.21. The summed E-state index contributed by atoms with van der Waals surface area (Å²) in [6.45, 7) is 9.37. The van der Waals surface area contributed by atoms with Crippen molar-refractivity contribution in [2.75, 3.05) is 39.1 Å². The number of ketones is 1. The second kappa shape index (κ2) is 13.3.